The average Bonchev–Trinajstić information content (AvgIpc) is 2.54. The Morgan fingerprint density at radius 3 is 1.07 bits per heavy atom. The van der Waals surface area contributed by atoms with Crippen LogP contribution < -0.4 is 0 Å². The second-order valence-corrected chi connectivity index (χ2v) is 8.99. The van der Waals surface area contributed by atoms with E-state index in [1.165, 1.54) is 12.1 Å². The van der Waals surface area contributed by atoms with Crippen molar-refractivity contribution in [1.29, 1.82) is 0 Å². The van der Waals surface area contributed by atoms with Crippen molar-refractivity contribution in [1.82, 2.24) is 0 Å². The predicted octanol–water partition coefficient (Wildman–Crippen LogP) is 3.05. The normalized spacial score (nSPS) is 11.6. The first-order chi connectivity index (χ1) is 11.9. The molecule has 0 N–H and O–H groups in total. The third-order valence-corrected chi connectivity index (χ3v) is 5.44. The number of rotatable bonds is 4. The van der Waals surface area contributed by atoms with Crippen molar-refractivity contribution in [2.24, 2.45) is 0 Å². The summed E-state index contributed by atoms with van der Waals surface area (Å²) in [6.45, 7) is 7.40. The van der Waals surface area contributed by atoms with Gasteiger partial charge in [-0.2, -0.15) is 0 Å². The predicted molar refractivity (Wildman–Crippen MR) is 103 cm³/mol. The third-order valence-electron chi connectivity index (χ3n) is 3.62. The molecule has 6 nitrogen and oxygen atoms in total. The van der Waals surface area contributed by atoms with Crippen molar-refractivity contribution < 1.29 is 25.9 Å². The Morgan fingerprint density at radius 2 is 0.889 bits per heavy atom. The molecule has 0 spiro atoms. The van der Waals surface area contributed by atoms with Gasteiger partial charge >= 0.3 is 23.1 Å². The Morgan fingerprint density at radius 1 is 0.630 bits per heavy atom. The fourth-order valence-corrected chi connectivity index (χ4v) is 4.05. The van der Waals surface area contributed by atoms with Crippen molar-refractivity contribution in [3.05, 3.63) is 59.7 Å². The molecule has 2 rings (SSSR count). The van der Waals surface area contributed by atoms with Crippen LogP contribution in [0, 0.1) is 0 Å². The first kappa shape index (κ1) is 26.0. The quantitative estimate of drug-likeness (QED) is 0.552. The minimum atomic E-state index is -4.33. The summed E-state index contributed by atoms with van der Waals surface area (Å²) >= 11 is 0. The molecular formula is C18H22MgO6S2. The molecule has 0 aromatic heterocycles. The fourth-order valence-electron chi connectivity index (χ4n) is 2.37. The summed E-state index contributed by atoms with van der Waals surface area (Å²) in [6, 6.07) is 12.6. The summed E-state index contributed by atoms with van der Waals surface area (Å²) in [7, 11) is -8.66. The summed E-state index contributed by atoms with van der Waals surface area (Å²) in [5, 5.41) is 0. The van der Waals surface area contributed by atoms with Crippen LogP contribution in [0.25, 0.3) is 0 Å². The second kappa shape index (κ2) is 10.5. The van der Waals surface area contributed by atoms with E-state index >= 15 is 0 Å². The van der Waals surface area contributed by atoms with Gasteiger partial charge in [-0.25, -0.2) is 16.8 Å². The van der Waals surface area contributed by atoms with E-state index < -0.39 is 20.2 Å². The van der Waals surface area contributed by atoms with Gasteiger partial charge in [0.05, 0.1) is 9.79 Å². The summed E-state index contributed by atoms with van der Waals surface area (Å²) in [5.41, 5.74) is 1.16. The van der Waals surface area contributed by atoms with Gasteiger partial charge in [0, 0.05) is 0 Å². The number of hydrogen-bond acceptors (Lipinski definition) is 6. The van der Waals surface area contributed by atoms with Gasteiger partial charge in [0.1, 0.15) is 20.2 Å². The largest absolute Gasteiger partial charge is 2.00 e. The fraction of sp³-hybridized carbons (Fsp3) is 0.333. The average molecular weight is 423 g/mol. The minimum absolute atomic E-state index is 0. The minimum Gasteiger partial charge on any atom is -0.744 e. The van der Waals surface area contributed by atoms with Gasteiger partial charge in [-0.3, -0.25) is 0 Å². The van der Waals surface area contributed by atoms with Crippen LogP contribution in [0.3, 0.4) is 0 Å². The molecule has 0 radical (unpaired) electrons. The van der Waals surface area contributed by atoms with Gasteiger partial charge < -0.3 is 9.11 Å². The van der Waals surface area contributed by atoms with E-state index in [2.05, 4.69) is 0 Å². The Labute approximate surface area is 177 Å². The van der Waals surface area contributed by atoms with Crippen molar-refractivity contribution in [3.63, 3.8) is 0 Å². The Balaban J connectivity index is 0.000000483. The van der Waals surface area contributed by atoms with Gasteiger partial charge in [-0.05, 0) is 35.1 Å². The number of benzene rings is 2. The molecule has 0 heterocycles. The summed E-state index contributed by atoms with van der Waals surface area (Å²) in [6.07, 6.45) is 0. The van der Waals surface area contributed by atoms with Crippen LogP contribution in [0.4, 0.5) is 0 Å². The summed E-state index contributed by atoms with van der Waals surface area (Å²) < 4.78 is 64.8. The smallest absolute Gasteiger partial charge is 0.744 e. The van der Waals surface area contributed by atoms with Crippen LogP contribution in [-0.2, 0) is 20.2 Å². The van der Waals surface area contributed by atoms with Crippen LogP contribution in [-0.4, -0.2) is 49.0 Å². The van der Waals surface area contributed by atoms with Gasteiger partial charge in [0.25, 0.3) is 0 Å². The molecule has 144 valence electrons. The SMILES string of the molecule is CC(C)c1ccccc1S(=O)(=O)[O-].CC(C)c1ccccc1S(=O)(=O)[O-].[Mg+2]. The standard InChI is InChI=1S/2C9H12O3S.Mg/c2*1-7(2)8-5-3-4-6-9(8)13(10,11)12;/h2*3-7H,1-2H3,(H,10,11,12);/q;;+2/p-2. The Bertz CT molecular complexity index is 872. The maximum absolute atomic E-state index is 10.8. The summed E-state index contributed by atoms with van der Waals surface area (Å²) in [4.78, 5) is -0.213. The van der Waals surface area contributed by atoms with Crippen molar-refractivity contribution >= 4 is 43.3 Å². The molecule has 0 aliphatic carbocycles. The molecule has 0 aliphatic rings. The second-order valence-electron chi connectivity index (χ2n) is 6.29. The zero-order valence-electron chi connectivity index (χ0n) is 15.7. The van der Waals surface area contributed by atoms with E-state index in [4.69, 9.17) is 0 Å². The van der Waals surface area contributed by atoms with Crippen LogP contribution in [0.5, 0.6) is 0 Å². The molecule has 0 bridgehead atoms. The van der Waals surface area contributed by atoms with Crippen LogP contribution in [0.1, 0.15) is 50.7 Å². The van der Waals surface area contributed by atoms with Crippen LogP contribution >= 0.6 is 0 Å². The molecule has 9 heteroatoms. The monoisotopic (exact) mass is 422 g/mol. The van der Waals surface area contributed by atoms with Gasteiger partial charge in [-0.1, -0.05) is 64.1 Å². The molecule has 0 atom stereocenters. The molecule has 0 aliphatic heterocycles. The van der Waals surface area contributed by atoms with Gasteiger partial charge in [-0.15, -0.1) is 0 Å². The first-order valence-electron chi connectivity index (χ1n) is 7.95. The van der Waals surface area contributed by atoms with Gasteiger partial charge in [0.2, 0.25) is 0 Å². The first-order valence-corrected chi connectivity index (χ1v) is 10.8. The van der Waals surface area contributed by atoms with E-state index in [9.17, 15) is 25.9 Å². The zero-order chi connectivity index (χ0) is 20.1. The van der Waals surface area contributed by atoms with E-state index in [0.717, 1.165) is 0 Å². The van der Waals surface area contributed by atoms with Crippen molar-refractivity contribution in [3.8, 4) is 0 Å². The Kier molecular flexibility index (Phi) is 10.2. The molecule has 0 fully saturated rings. The van der Waals surface area contributed by atoms with Crippen molar-refractivity contribution in [2.45, 2.75) is 49.3 Å². The molecule has 0 amide bonds. The number of hydrogen-bond donors (Lipinski definition) is 0. The molecule has 2 aromatic rings. The topological polar surface area (TPSA) is 114 Å². The maximum Gasteiger partial charge on any atom is 2.00 e. The van der Waals surface area contributed by atoms with Crippen LogP contribution in [0.15, 0.2) is 58.3 Å². The molecule has 0 saturated carbocycles. The molecule has 0 saturated heterocycles. The summed E-state index contributed by atoms with van der Waals surface area (Å²) in [5.74, 6) is 0.0832. The third kappa shape index (κ3) is 7.88. The van der Waals surface area contributed by atoms with Crippen molar-refractivity contribution in [2.75, 3.05) is 0 Å². The van der Waals surface area contributed by atoms with Crippen LogP contribution in [0.2, 0.25) is 0 Å². The molecule has 27 heavy (non-hydrogen) atoms. The van der Waals surface area contributed by atoms with E-state index in [-0.39, 0.29) is 44.7 Å². The van der Waals surface area contributed by atoms with E-state index in [1.54, 1.807) is 36.4 Å². The van der Waals surface area contributed by atoms with E-state index in [0.29, 0.717) is 11.1 Å². The maximum atomic E-state index is 10.8. The molecular weight excluding hydrogens is 401 g/mol. The zero-order valence-corrected chi connectivity index (χ0v) is 18.8. The molecule has 0 unspecified atom stereocenters. The van der Waals surface area contributed by atoms with Gasteiger partial charge in [0.15, 0.2) is 0 Å². The Hall–Kier alpha value is -0.974. The van der Waals surface area contributed by atoms with E-state index in [1.807, 2.05) is 27.7 Å². The molecule has 2 aromatic carbocycles.